The summed E-state index contributed by atoms with van der Waals surface area (Å²) in [6, 6.07) is 27.4. The first-order chi connectivity index (χ1) is 14.6. The molecule has 0 fully saturated rings. The highest BCUT2D eigenvalue weighted by Crippen LogP contribution is 2.24. The summed E-state index contributed by atoms with van der Waals surface area (Å²) in [5.74, 6) is 1.42. The highest BCUT2D eigenvalue weighted by Gasteiger charge is 2.16. The number of benzene rings is 3. The van der Waals surface area contributed by atoms with Crippen molar-refractivity contribution in [1.82, 2.24) is 14.3 Å². The zero-order chi connectivity index (χ0) is 20.9. The van der Waals surface area contributed by atoms with Crippen molar-refractivity contribution < 1.29 is 4.79 Å². The smallest absolute Gasteiger partial charge is 0.202 e. The second-order valence-corrected chi connectivity index (χ2v) is 8.89. The summed E-state index contributed by atoms with van der Waals surface area (Å²) in [4.78, 5) is 13.9. The van der Waals surface area contributed by atoms with Gasteiger partial charge in [0.1, 0.15) is 12.4 Å². The molecule has 0 aliphatic rings. The molecule has 0 atom stereocenters. The van der Waals surface area contributed by atoms with E-state index in [0.29, 0.717) is 16.1 Å². The Morgan fingerprint density at radius 2 is 1.57 bits per heavy atom. The summed E-state index contributed by atoms with van der Waals surface area (Å²) >= 11 is 10.8. The van der Waals surface area contributed by atoms with Crippen molar-refractivity contribution in [2.45, 2.75) is 17.2 Å². The molecule has 3 aromatic carbocycles. The third-order valence-electron chi connectivity index (χ3n) is 4.49. The summed E-state index contributed by atoms with van der Waals surface area (Å²) < 4.78 is 5.01. The zero-order valence-electron chi connectivity index (χ0n) is 15.9. The maximum absolute atomic E-state index is 12.8. The number of rotatable bonds is 7. The number of aromatic nitrogens is 3. The van der Waals surface area contributed by atoms with Gasteiger partial charge in [-0.05, 0) is 48.6 Å². The third-order valence-corrected chi connectivity index (χ3v) is 6.42. The average molecular weight is 496 g/mol. The Morgan fingerprint density at radius 3 is 2.23 bits per heavy atom. The van der Waals surface area contributed by atoms with Gasteiger partial charge in [0.2, 0.25) is 4.77 Å². The van der Waals surface area contributed by atoms with Gasteiger partial charge in [-0.1, -0.05) is 64.5 Å². The molecular weight excluding hydrogens is 478 g/mol. The van der Waals surface area contributed by atoms with Crippen molar-refractivity contribution in [3.05, 3.63) is 106 Å². The molecule has 1 aromatic heterocycles. The molecule has 0 unspecified atom stereocenters. The predicted octanol–water partition coefficient (Wildman–Crippen LogP) is 6.34. The first-order valence-corrected chi connectivity index (χ1v) is 11.5. The number of carbonyl (C=O) groups excluding carboxylic acids is 1. The van der Waals surface area contributed by atoms with Gasteiger partial charge < -0.3 is 0 Å². The van der Waals surface area contributed by atoms with Crippen molar-refractivity contribution in [3.8, 4) is 5.69 Å². The van der Waals surface area contributed by atoms with Gasteiger partial charge in [0.25, 0.3) is 0 Å². The van der Waals surface area contributed by atoms with Gasteiger partial charge in [-0.25, -0.2) is 4.68 Å². The minimum atomic E-state index is -0.0291. The number of carbonyl (C=O) groups is 1. The molecule has 0 bridgehead atoms. The van der Waals surface area contributed by atoms with Crippen LogP contribution in [0.15, 0.2) is 94.3 Å². The summed E-state index contributed by atoms with van der Waals surface area (Å²) in [6.07, 6.45) is 0. The van der Waals surface area contributed by atoms with E-state index in [9.17, 15) is 4.79 Å². The Kier molecular flexibility index (Phi) is 6.62. The summed E-state index contributed by atoms with van der Waals surface area (Å²) in [5, 5.41) is 4.71. The number of hydrogen-bond acceptors (Lipinski definition) is 4. The van der Waals surface area contributed by atoms with E-state index in [-0.39, 0.29) is 12.3 Å². The molecule has 0 N–H and O–H groups in total. The monoisotopic (exact) mass is 495 g/mol. The maximum Gasteiger partial charge on any atom is 0.202 e. The van der Waals surface area contributed by atoms with Crippen LogP contribution in [0.5, 0.6) is 0 Å². The average Bonchev–Trinajstić information content (AvgIpc) is 3.09. The first-order valence-electron chi connectivity index (χ1n) is 9.32. The van der Waals surface area contributed by atoms with E-state index in [2.05, 4.69) is 28.1 Å². The Morgan fingerprint density at radius 1 is 0.933 bits per heavy atom. The van der Waals surface area contributed by atoms with Crippen LogP contribution in [0.2, 0.25) is 0 Å². The molecule has 0 amide bonds. The van der Waals surface area contributed by atoms with Crippen LogP contribution in [-0.2, 0) is 12.3 Å². The summed E-state index contributed by atoms with van der Waals surface area (Å²) in [7, 11) is 0. The molecule has 7 heteroatoms. The molecule has 0 spiro atoms. The topological polar surface area (TPSA) is 39.8 Å². The maximum atomic E-state index is 12.8. The fraction of sp³-hybridized carbons (Fsp3) is 0.0870. The number of halogens is 1. The zero-order valence-corrected chi connectivity index (χ0v) is 19.2. The summed E-state index contributed by atoms with van der Waals surface area (Å²) in [5.41, 5.74) is 1.57. The standard InChI is InChI=1S/C23H18BrN3OS2/c24-18-13-11-17(12-14-18)21(28)15-26-23(29)27(19-7-3-1-4-8-19)22(25-26)16-30-20-9-5-2-6-10-20/h1-14H,15-16H2. The van der Waals surface area contributed by atoms with Crippen LogP contribution in [0, 0.1) is 4.77 Å². The number of ketones is 1. The van der Waals surface area contributed by atoms with E-state index in [1.165, 1.54) is 0 Å². The van der Waals surface area contributed by atoms with Crippen LogP contribution in [0.25, 0.3) is 5.69 Å². The number of Topliss-reactive ketones (excluding diaryl/α,β-unsaturated/α-hetero) is 1. The quantitative estimate of drug-likeness (QED) is 0.170. The molecular formula is C23H18BrN3OS2. The fourth-order valence-corrected chi connectivity index (χ4v) is 4.43. The lowest BCUT2D eigenvalue weighted by Gasteiger charge is -2.06. The number of nitrogens with zero attached hydrogens (tertiary/aromatic N) is 3. The van der Waals surface area contributed by atoms with E-state index in [1.807, 2.05) is 65.2 Å². The van der Waals surface area contributed by atoms with Gasteiger partial charge in [0.05, 0.1) is 5.75 Å². The van der Waals surface area contributed by atoms with Crippen LogP contribution in [0.4, 0.5) is 0 Å². The van der Waals surface area contributed by atoms with Gasteiger partial charge in [0.15, 0.2) is 5.78 Å². The Balaban J connectivity index is 1.65. The van der Waals surface area contributed by atoms with Gasteiger partial charge in [-0.2, -0.15) is 5.10 Å². The molecule has 0 saturated carbocycles. The highest BCUT2D eigenvalue weighted by atomic mass is 79.9. The van der Waals surface area contributed by atoms with Crippen molar-refractivity contribution in [2.24, 2.45) is 0 Å². The Hall–Kier alpha value is -2.48. The molecule has 30 heavy (non-hydrogen) atoms. The SMILES string of the molecule is O=C(Cn1nc(CSc2ccccc2)n(-c2ccccc2)c1=S)c1ccc(Br)cc1. The lowest BCUT2D eigenvalue weighted by molar-refractivity contribution is 0.0967. The van der Waals surface area contributed by atoms with Crippen molar-refractivity contribution in [2.75, 3.05) is 0 Å². The van der Waals surface area contributed by atoms with Crippen LogP contribution < -0.4 is 0 Å². The minimum Gasteiger partial charge on any atom is -0.292 e. The Bertz CT molecular complexity index is 1200. The van der Waals surface area contributed by atoms with Gasteiger partial charge >= 0.3 is 0 Å². The largest absolute Gasteiger partial charge is 0.292 e. The molecule has 0 saturated heterocycles. The van der Waals surface area contributed by atoms with E-state index in [0.717, 1.165) is 20.9 Å². The first kappa shape index (κ1) is 20.8. The normalized spacial score (nSPS) is 10.8. The molecule has 0 radical (unpaired) electrons. The van der Waals surface area contributed by atoms with Gasteiger partial charge in [0, 0.05) is 20.6 Å². The van der Waals surface area contributed by atoms with E-state index >= 15 is 0 Å². The summed E-state index contributed by atoms with van der Waals surface area (Å²) in [6.45, 7) is 0.100. The number of hydrogen-bond donors (Lipinski definition) is 0. The van der Waals surface area contributed by atoms with E-state index < -0.39 is 0 Å². The molecule has 150 valence electrons. The number of para-hydroxylation sites is 1. The molecule has 0 aliphatic carbocycles. The Labute approximate surface area is 192 Å². The highest BCUT2D eigenvalue weighted by molar-refractivity contribution is 9.10. The van der Waals surface area contributed by atoms with Crippen LogP contribution in [0.1, 0.15) is 16.2 Å². The van der Waals surface area contributed by atoms with Crippen LogP contribution in [0.3, 0.4) is 0 Å². The number of thioether (sulfide) groups is 1. The lowest BCUT2D eigenvalue weighted by Crippen LogP contribution is -2.12. The second-order valence-electron chi connectivity index (χ2n) is 6.56. The second kappa shape index (κ2) is 9.55. The molecule has 4 rings (SSSR count). The lowest BCUT2D eigenvalue weighted by atomic mass is 10.1. The molecule has 4 aromatic rings. The van der Waals surface area contributed by atoms with Gasteiger partial charge in [-0.3, -0.25) is 9.36 Å². The minimum absolute atomic E-state index is 0.0291. The van der Waals surface area contributed by atoms with E-state index in [1.54, 1.807) is 28.6 Å². The molecule has 1 heterocycles. The van der Waals surface area contributed by atoms with Crippen molar-refractivity contribution >= 4 is 45.7 Å². The molecule has 0 aliphatic heterocycles. The predicted molar refractivity (Wildman–Crippen MR) is 127 cm³/mol. The molecule has 4 nitrogen and oxygen atoms in total. The van der Waals surface area contributed by atoms with E-state index in [4.69, 9.17) is 17.3 Å². The third kappa shape index (κ3) is 4.80. The van der Waals surface area contributed by atoms with Gasteiger partial charge in [-0.15, -0.1) is 11.8 Å². The fourth-order valence-electron chi connectivity index (χ4n) is 3.01. The van der Waals surface area contributed by atoms with Crippen molar-refractivity contribution in [3.63, 3.8) is 0 Å². The van der Waals surface area contributed by atoms with Crippen molar-refractivity contribution in [1.29, 1.82) is 0 Å². The van der Waals surface area contributed by atoms with Crippen LogP contribution in [-0.4, -0.2) is 20.1 Å². The van der Waals surface area contributed by atoms with Crippen LogP contribution >= 0.6 is 39.9 Å².